The number of sulfone groups is 1. The molecule has 2 aromatic heterocycles. The average molecular weight is 321 g/mol. The van der Waals surface area contributed by atoms with Gasteiger partial charge in [0, 0.05) is 12.3 Å². The summed E-state index contributed by atoms with van der Waals surface area (Å²) < 4.78 is 24.1. The molecule has 96 valence electrons. The van der Waals surface area contributed by atoms with Crippen molar-refractivity contribution in [3.8, 4) is 0 Å². The Morgan fingerprint density at radius 3 is 2.67 bits per heavy atom. The molecule has 0 aliphatic carbocycles. The Bertz CT molecular complexity index is 671. The molecule has 0 saturated heterocycles. The van der Waals surface area contributed by atoms with Gasteiger partial charge in [-0.15, -0.1) is 22.7 Å². The van der Waals surface area contributed by atoms with Crippen molar-refractivity contribution < 1.29 is 13.3 Å². The lowest BCUT2D eigenvalue weighted by Gasteiger charge is -1.93. The SMILES string of the molecule is CS(=O)(=O)c1cc([N+](=O)[O-])c(Sc2cccs2)s1. The third-order valence-corrected chi connectivity index (χ3v) is 7.06. The largest absolute Gasteiger partial charge is 0.295 e. The van der Waals surface area contributed by atoms with Crippen molar-refractivity contribution in [2.45, 2.75) is 12.6 Å². The highest BCUT2D eigenvalue weighted by Gasteiger charge is 2.24. The van der Waals surface area contributed by atoms with Crippen molar-refractivity contribution in [2.75, 3.05) is 6.26 Å². The highest BCUT2D eigenvalue weighted by molar-refractivity contribution is 8.03. The van der Waals surface area contributed by atoms with Gasteiger partial charge in [0.05, 0.1) is 9.13 Å². The second-order valence-corrected chi connectivity index (χ2v) is 9.11. The van der Waals surface area contributed by atoms with Crippen LogP contribution >= 0.6 is 34.4 Å². The van der Waals surface area contributed by atoms with E-state index in [0.29, 0.717) is 4.21 Å². The fourth-order valence-corrected chi connectivity index (χ4v) is 5.56. The zero-order chi connectivity index (χ0) is 13.3. The van der Waals surface area contributed by atoms with Crippen molar-refractivity contribution in [3.05, 3.63) is 33.7 Å². The molecule has 9 heteroatoms. The van der Waals surface area contributed by atoms with Crippen LogP contribution in [0.4, 0.5) is 5.69 Å². The van der Waals surface area contributed by atoms with Crippen molar-refractivity contribution in [2.24, 2.45) is 0 Å². The first-order chi connectivity index (χ1) is 8.38. The monoisotopic (exact) mass is 321 g/mol. The molecule has 2 aromatic rings. The second kappa shape index (κ2) is 5.00. The number of nitrogens with zero attached hydrogens (tertiary/aromatic N) is 1. The molecule has 0 radical (unpaired) electrons. The fraction of sp³-hybridized carbons (Fsp3) is 0.111. The normalized spacial score (nSPS) is 11.6. The standard InChI is InChI=1S/C9H7NO4S4/c1-18(13,14)8-5-6(10(11)12)9(17-8)16-7-3-2-4-15-7/h2-5H,1H3. The molecule has 0 unspecified atom stereocenters. The van der Waals surface area contributed by atoms with E-state index in [4.69, 9.17) is 0 Å². The van der Waals surface area contributed by atoms with Crippen LogP contribution < -0.4 is 0 Å². The lowest BCUT2D eigenvalue weighted by Crippen LogP contribution is -1.92. The molecule has 2 rings (SSSR count). The Hall–Kier alpha value is -0.900. The third kappa shape index (κ3) is 2.91. The minimum absolute atomic E-state index is 0.0215. The summed E-state index contributed by atoms with van der Waals surface area (Å²) in [6, 6.07) is 4.79. The van der Waals surface area contributed by atoms with Crippen LogP contribution in [0, 0.1) is 10.1 Å². The molecular weight excluding hydrogens is 314 g/mol. The van der Waals surface area contributed by atoms with Crippen LogP contribution in [-0.4, -0.2) is 19.6 Å². The molecule has 0 spiro atoms. The molecule has 0 N–H and O–H groups in total. The first-order valence-corrected chi connectivity index (χ1v) is 8.98. The molecule has 0 amide bonds. The number of nitro groups is 1. The van der Waals surface area contributed by atoms with Gasteiger partial charge < -0.3 is 0 Å². The Morgan fingerprint density at radius 1 is 1.44 bits per heavy atom. The van der Waals surface area contributed by atoms with E-state index in [1.54, 1.807) is 0 Å². The molecule has 2 heterocycles. The maximum atomic E-state index is 11.4. The van der Waals surface area contributed by atoms with Gasteiger partial charge in [0.25, 0.3) is 5.69 Å². The van der Waals surface area contributed by atoms with E-state index < -0.39 is 14.8 Å². The highest BCUT2D eigenvalue weighted by atomic mass is 32.2. The van der Waals surface area contributed by atoms with Gasteiger partial charge in [0.2, 0.25) is 0 Å². The minimum Gasteiger partial charge on any atom is -0.258 e. The van der Waals surface area contributed by atoms with Gasteiger partial charge in [-0.25, -0.2) is 8.42 Å². The summed E-state index contributed by atoms with van der Waals surface area (Å²) in [5, 5.41) is 12.8. The minimum atomic E-state index is -3.41. The predicted octanol–water partition coefficient (Wildman–Crippen LogP) is 3.27. The number of thiophene rings is 2. The molecule has 0 aromatic carbocycles. The summed E-state index contributed by atoms with van der Waals surface area (Å²) >= 11 is 3.60. The molecule has 0 saturated carbocycles. The van der Waals surface area contributed by atoms with E-state index in [1.807, 2.05) is 17.5 Å². The van der Waals surface area contributed by atoms with E-state index in [0.717, 1.165) is 27.9 Å². The van der Waals surface area contributed by atoms with E-state index in [-0.39, 0.29) is 9.90 Å². The summed E-state index contributed by atoms with van der Waals surface area (Å²) in [6.45, 7) is 0. The molecule has 5 nitrogen and oxygen atoms in total. The van der Waals surface area contributed by atoms with Crippen LogP contribution in [0.1, 0.15) is 0 Å². The van der Waals surface area contributed by atoms with Gasteiger partial charge in [-0.1, -0.05) is 17.8 Å². The van der Waals surface area contributed by atoms with Gasteiger partial charge in [0.15, 0.2) is 9.84 Å². The molecule has 0 aliphatic heterocycles. The zero-order valence-electron chi connectivity index (χ0n) is 9.02. The maximum Gasteiger partial charge on any atom is 0.295 e. The van der Waals surface area contributed by atoms with Crippen LogP contribution in [0.15, 0.2) is 36.2 Å². The fourth-order valence-electron chi connectivity index (χ4n) is 1.14. The Balaban J connectivity index is 2.45. The molecule has 18 heavy (non-hydrogen) atoms. The van der Waals surface area contributed by atoms with Crippen LogP contribution in [-0.2, 0) is 9.84 Å². The van der Waals surface area contributed by atoms with Crippen molar-refractivity contribution in [1.82, 2.24) is 0 Å². The van der Waals surface area contributed by atoms with E-state index in [1.165, 1.54) is 23.1 Å². The molecule has 0 bridgehead atoms. The first-order valence-electron chi connectivity index (χ1n) is 4.57. The highest BCUT2D eigenvalue weighted by Crippen LogP contribution is 2.43. The molecule has 0 aliphatic rings. The van der Waals surface area contributed by atoms with E-state index >= 15 is 0 Å². The zero-order valence-corrected chi connectivity index (χ0v) is 12.3. The predicted molar refractivity (Wildman–Crippen MR) is 72.5 cm³/mol. The van der Waals surface area contributed by atoms with E-state index in [2.05, 4.69) is 0 Å². The maximum absolute atomic E-state index is 11.4. The quantitative estimate of drug-likeness (QED) is 0.638. The van der Waals surface area contributed by atoms with E-state index in [9.17, 15) is 18.5 Å². The average Bonchev–Trinajstić information content (AvgIpc) is 2.85. The smallest absolute Gasteiger partial charge is 0.258 e. The second-order valence-electron chi connectivity index (χ2n) is 3.30. The van der Waals surface area contributed by atoms with Gasteiger partial charge in [-0.05, 0) is 11.4 Å². The van der Waals surface area contributed by atoms with Gasteiger partial charge in [-0.3, -0.25) is 10.1 Å². The number of hydrogen-bond acceptors (Lipinski definition) is 7. The Morgan fingerprint density at radius 2 is 2.17 bits per heavy atom. The van der Waals surface area contributed by atoms with Crippen molar-refractivity contribution in [3.63, 3.8) is 0 Å². The van der Waals surface area contributed by atoms with Crippen molar-refractivity contribution in [1.29, 1.82) is 0 Å². The summed E-state index contributed by atoms with van der Waals surface area (Å²) in [7, 11) is -3.41. The molecule has 0 fully saturated rings. The molecule has 0 atom stereocenters. The van der Waals surface area contributed by atoms with Crippen LogP contribution in [0.3, 0.4) is 0 Å². The summed E-state index contributed by atoms with van der Waals surface area (Å²) in [4.78, 5) is 10.3. The van der Waals surface area contributed by atoms with Gasteiger partial charge >= 0.3 is 0 Å². The lowest BCUT2D eigenvalue weighted by atomic mass is 10.6. The van der Waals surface area contributed by atoms with Crippen LogP contribution in [0.25, 0.3) is 0 Å². The summed E-state index contributed by atoms with van der Waals surface area (Å²) in [5.41, 5.74) is -0.154. The Kier molecular flexibility index (Phi) is 3.76. The number of rotatable bonds is 4. The van der Waals surface area contributed by atoms with Crippen LogP contribution in [0.5, 0.6) is 0 Å². The Labute approximate surface area is 116 Å². The number of hydrogen-bond donors (Lipinski definition) is 0. The third-order valence-electron chi connectivity index (χ3n) is 1.91. The van der Waals surface area contributed by atoms with Gasteiger partial charge in [0.1, 0.15) is 8.42 Å². The van der Waals surface area contributed by atoms with Crippen molar-refractivity contribution >= 4 is 50.0 Å². The summed E-state index contributed by atoms with van der Waals surface area (Å²) in [6.07, 6.45) is 1.04. The van der Waals surface area contributed by atoms with Crippen LogP contribution in [0.2, 0.25) is 0 Å². The van der Waals surface area contributed by atoms with Gasteiger partial charge in [-0.2, -0.15) is 0 Å². The lowest BCUT2D eigenvalue weighted by molar-refractivity contribution is -0.387. The summed E-state index contributed by atoms with van der Waals surface area (Å²) in [5.74, 6) is 0. The first kappa shape index (κ1) is 13.5. The molecular formula is C9H7NO4S4. The topological polar surface area (TPSA) is 77.3 Å².